The van der Waals surface area contributed by atoms with Crippen molar-refractivity contribution in [2.45, 2.75) is 50.0 Å². The van der Waals surface area contributed by atoms with Crippen molar-refractivity contribution in [2.75, 3.05) is 19.4 Å². The van der Waals surface area contributed by atoms with E-state index in [0.717, 1.165) is 12.2 Å². The van der Waals surface area contributed by atoms with Gasteiger partial charge >= 0.3 is 0 Å². The maximum Gasteiger partial charge on any atom is 0.0615 e. The zero-order valence-corrected chi connectivity index (χ0v) is 13.7. The summed E-state index contributed by atoms with van der Waals surface area (Å²) in [6.07, 6.45) is 4.77. The second-order valence-corrected chi connectivity index (χ2v) is 7.20. The van der Waals surface area contributed by atoms with Crippen molar-refractivity contribution >= 4 is 11.8 Å². The van der Waals surface area contributed by atoms with E-state index in [0.29, 0.717) is 5.92 Å². The van der Waals surface area contributed by atoms with Crippen molar-refractivity contribution in [3.05, 3.63) is 29.3 Å². The first-order valence-corrected chi connectivity index (χ1v) is 8.59. The number of rotatable bonds is 6. The molecule has 1 fully saturated rings. The van der Waals surface area contributed by atoms with Crippen LogP contribution in [-0.4, -0.2) is 30.1 Å². The first-order valence-electron chi connectivity index (χ1n) is 7.61. The van der Waals surface area contributed by atoms with E-state index in [4.69, 9.17) is 0 Å². The van der Waals surface area contributed by atoms with Crippen LogP contribution in [0.25, 0.3) is 0 Å². The standard InChI is InChI=1S/C17H27NOS/c1-13-6-7-14(2)16(11-13)20-10-8-15-5-4-9-17(15,12-19)18-3/h6-7,11,15,18-19H,4-5,8-10,12H2,1-3H3. The monoisotopic (exact) mass is 293 g/mol. The first-order chi connectivity index (χ1) is 9.61. The fourth-order valence-electron chi connectivity index (χ4n) is 3.36. The lowest BCUT2D eigenvalue weighted by atomic mass is 9.86. The Hall–Kier alpha value is -0.510. The Bertz CT molecular complexity index is 443. The smallest absolute Gasteiger partial charge is 0.0615 e. The van der Waals surface area contributed by atoms with Crippen LogP contribution in [0.5, 0.6) is 0 Å². The minimum Gasteiger partial charge on any atom is -0.394 e. The summed E-state index contributed by atoms with van der Waals surface area (Å²) in [6.45, 7) is 4.60. The number of benzene rings is 1. The van der Waals surface area contributed by atoms with Gasteiger partial charge in [0.05, 0.1) is 6.61 Å². The van der Waals surface area contributed by atoms with Gasteiger partial charge in [0.25, 0.3) is 0 Å². The van der Waals surface area contributed by atoms with Crippen LogP contribution in [0.3, 0.4) is 0 Å². The SMILES string of the molecule is CNC1(CO)CCCC1CCSc1cc(C)ccc1C. The number of aryl methyl sites for hydroxylation is 2. The first kappa shape index (κ1) is 15.9. The molecule has 2 nitrogen and oxygen atoms in total. The Morgan fingerprint density at radius 2 is 2.20 bits per heavy atom. The van der Waals surface area contributed by atoms with Crippen molar-refractivity contribution in [1.82, 2.24) is 5.32 Å². The maximum absolute atomic E-state index is 9.71. The summed E-state index contributed by atoms with van der Waals surface area (Å²) in [7, 11) is 1.99. The predicted octanol–water partition coefficient (Wildman–Crippen LogP) is 3.54. The molecule has 2 unspecified atom stereocenters. The molecule has 1 saturated carbocycles. The minimum atomic E-state index is -0.0256. The number of nitrogens with one attached hydrogen (secondary N) is 1. The van der Waals surface area contributed by atoms with Crippen LogP contribution in [-0.2, 0) is 0 Å². The topological polar surface area (TPSA) is 32.3 Å². The lowest BCUT2D eigenvalue weighted by Crippen LogP contribution is -2.49. The third kappa shape index (κ3) is 3.38. The van der Waals surface area contributed by atoms with E-state index in [1.807, 2.05) is 18.8 Å². The Labute approximate surface area is 127 Å². The molecule has 0 aliphatic heterocycles. The van der Waals surface area contributed by atoms with Gasteiger partial charge in [-0.2, -0.15) is 0 Å². The van der Waals surface area contributed by atoms with Crippen LogP contribution in [0, 0.1) is 19.8 Å². The van der Waals surface area contributed by atoms with Crippen molar-refractivity contribution in [2.24, 2.45) is 5.92 Å². The average Bonchev–Trinajstić information content (AvgIpc) is 2.86. The molecule has 0 radical (unpaired) electrons. The van der Waals surface area contributed by atoms with E-state index >= 15 is 0 Å². The summed E-state index contributed by atoms with van der Waals surface area (Å²) in [5.74, 6) is 1.74. The highest BCUT2D eigenvalue weighted by Gasteiger charge is 2.40. The Kier molecular flexibility index (Phi) is 5.53. The second-order valence-electron chi connectivity index (χ2n) is 6.06. The van der Waals surface area contributed by atoms with Crippen LogP contribution in [0.1, 0.15) is 36.8 Å². The van der Waals surface area contributed by atoms with Gasteiger partial charge in [-0.1, -0.05) is 24.1 Å². The fraction of sp³-hybridized carbons (Fsp3) is 0.647. The Morgan fingerprint density at radius 1 is 1.40 bits per heavy atom. The summed E-state index contributed by atoms with van der Waals surface area (Å²) in [5, 5.41) is 13.1. The molecule has 1 aromatic carbocycles. The molecule has 2 rings (SSSR count). The molecule has 0 spiro atoms. The second kappa shape index (κ2) is 6.97. The zero-order chi connectivity index (χ0) is 14.6. The number of thioether (sulfide) groups is 1. The molecule has 0 saturated heterocycles. The molecule has 3 heteroatoms. The zero-order valence-electron chi connectivity index (χ0n) is 12.9. The Balaban J connectivity index is 1.91. The van der Waals surface area contributed by atoms with E-state index in [2.05, 4.69) is 37.4 Å². The number of aliphatic hydroxyl groups excluding tert-OH is 1. The van der Waals surface area contributed by atoms with Crippen LogP contribution < -0.4 is 5.32 Å². The summed E-state index contributed by atoms with van der Waals surface area (Å²) in [6, 6.07) is 6.67. The molecule has 1 aromatic rings. The number of aliphatic hydroxyl groups is 1. The molecule has 20 heavy (non-hydrogen) atoms. The van der Waals surface area contributed by atoms with Crippen LogP contribution in [0.4, 0.5) is 0 Å². The van der Waals surface area contributed by atoms with Gasteiger partial charge in [-0.05, 0) is 63.5 Å². The molecular formula is C17H27NOS. The van der Waals surface area contributed by atoms with Gasteiger partial charge in [-0.15, -0.1) is 11.8 Å². The lowest BCUT2D eigenvalue weighted by molar-refractivity contribution is 0.130. The highest BCUT2D eigenvalue weighted by Crippen LogP contribution is 2.38. The van der Waals surface area contributed by atoms with E-state index < -0.39 is 0 Å². The highest BCUT2D eigenvalue weighted by atomic mass is 32.2. The average molecular weight is 293 g/mol. The van der Waals surface area contributed by atoms with E-state index in [1.165, 1.54) is 35.3 Å². The molecule has 2 N–H and O–H groups in total. The number of hydrogen-bond donors (Lipinski definition) is 2. The van der Waals surface area contributed by atoms with Crippen molar-refractivity contribution in [3.8, 4) is 0 Å². The summed E-state index contributed by atoms with van der Waals surface area (Å²) in [4.78, 5) is 1.40. The molecule has 0 bridgehead atoms. The third-order valence-electron chi connectivity index (χ3n) is 4.80. The minimum absolute atomic E-state index is 0.0256. The van der Waals surface area contributed by atoms with Gasteiger partial charge in [-0.25, -0.2) is 0 Å². The van der Waals surface area contributed by atoms with Gasteiger partial charge in [0.1, 0.15) is 0 Å². The van der Waals surface area contributed by atoms with Gasteiger partial charge in [-0.3, -0.25) is 0 Å². The summed E-state index contributed by atoms with van der Waals surface area (Å²) in [5.41, 5.74) is 2.68. The van der Waals surface area contributed by atoms with E-state index in [9.17, 15) is 5.11 Å². The molecule has 0 heterocycles. The highest BCUT2D eigenvalue weighted by molar-refractivity contribution is 7.99. The van der Waals surface area contributed by atoms with Crippen LogP contribution >= 0.6 is 11.8 Å². The molecule has 112 valence electrons. The molecular weight excluding hydrogens is 266 g/mol. The van der Waals surface area contributed by atoms with Crippen LogP contribution in [0.15, 0.2) is 23.1 Å². The number of hydrogen-bond acceptors (Lipinski definition) is 3. The third-order valence-corrected chi connectivity index (χ3v) is 6.00. The molecule has 2 atom stereocenters. The quantitative estimate of drug-likeness (QED) is 0.787. The maximum atomic E-state index is 9.71. The molecule has 1 aliphatic rings. The van der Waals surface area contributed by atoms with E-state index in [1.54, 1.807) is 0 Å². The molecule has 0 aromatic heterocycles. The lowest BCUT2D eigenvalue weighted by Gasteiger charge is -2.33. The predicted molar refractivity (Wildman–Crippen MR) is 87.5 cm³/mol. The largest absolute Gasteiger partial charge is 0.394 e. The normalized spacial score (nSPS) is 26.1. The fourth-order valence-corrected chi connectivity index (χ4v) is 4.54. The van der Waals surface area contributed by atoms with Crippen molar-refractivity contribution in [3.63, 3.8) is 0 Å². The van der Waals surface area contributed by atoms with Crippen molar-refractivity contribution < 1.29 is 5.11 Å². The Morgan fingerprint density at radius 3 is 2.90 bits per heavy atom. The van der Waals surface area contributed by atoms with Gasteiger partial charge in [0.15, 0.2) is 0 Å². The van der Waals surface area contributed by atoms with Gasteiger partial charge < -0.3 is 10.4 Å². The number of likely N-dealkylation sites (N-methyl/N-ethyl adjacent to an activating group) is 1. The summed E-state index contributed by atoms with van der Waals surface area (Å²) < 4.78 is 0. The van der Waals surface area contributed by atoms with Crippen LogP contribution in [0.2, 0.25) is 0 Å². The summed E-state index contributed by atoms with van der Waals surface area (Å²) >= 11 is 1.96. The molecule has 0 amide bonds. The molecule has 1 aliphatic carbocycles. The van der Waals surface area contributed by atoms with Gasteiger partial charge in [0.2, 0.25) is 0 Å². The van der Waals surface area contributed by atoms with E-state index in [-0.39, 0.29) is 12.1 Å². The van der Waals surface area contributed by atoms with Crippen molar-refractivity contribution in [1.29, 1.82) is 0 Å². The van der Waals surface area contributed by atoms with Gasteiger partial charge in [0, 0.05) is 10.4 Å².